The molecule has 0 spiro atoms. The third kappa shape index (κ3) is 6.58. The Morgan fingerprint density at radius 2 is 1.60 bits per heavy atom. The lowest BCUT2D eigenvalue weighted by Gasteiger charge is -2.19. The van der Waals surface area contributed by atoms with Crippen LogP contribution in [0.5, 0.6) is 0 Å². The number of rotatable bonds is 12. The quantitative estimate of drug-likeness (QED) is 0.418. The molecule has 4 heteroatoms. The largest absolute Gasteiger partial charge is 0.357 e. The summed E-state index contributed by atoms with van der Waals surface area (Å²) < 4.78 is 0. The van der Waals surface area contributed by atoms with Crippen LogP contribution in [0.4, 0.5) is 0 Å². The molecule has 0 saturated heterocycles. The second kappa shape index (κ2) is 10.0. The van der Waals surface area contributed by atoms with E-state index in [2.05, 4.69) is 19.3 Å². The molecule has 20 heavy (non-hydrogen) atoms. The first-order valence-corrected chi connectivity index (χ1v) is 8.62. The molecule has 1 N–H and O–H groups in total. The monoisotopic (exact) mass is 285 g/mol. The van der Waals surface area contributed by atoms with Gasteiger partial charge in [-0.15, -0.1) is 5.43 Å². The van der Waals surface area contributed by atoms with Crippen LogP contribution in [-0.2, 0) is 4.84 Å². The summed E-state index contributed by atoms with van der Waals surface area (Å²) in [5, 5.41) is 0.617. The molecule has 0 aromatic carbocycles. The minimum absolute atomic E-state index is 0.200. The van der Waals surface area contributed by atoms with E-state index in [1.54, 1.807) is 0 Å². The lowest BCUT2D eigenvalue weighted by atomic mass is 9.99. The molecule has 4 nitrogen and oxygen atoms in total. The van der Waals surface area contributed by atoms with Gasteiger partial charge in [-0.1, -0.05) is 52.4 Å². The summed E-state index contributed by atoms with van der Waals surface area (Å²) in [7, 11) is 0. The van der Waals surface area contributed by atoms with Gasteiger partial charge in [0.05, 0.1) is 6.54 Å². The molecule has 1 rings (SSSR count). The fourth-order valence-electron chi connectivity index (χ4n) is 2.99. The summed E-state index contributed by atoms with van der Waals surface area (Å²) in [4.78, 5) is 17.3. The number of hydrazine groups is 1. The van der Waals surface area contributed by atoms with Crippen LogP contribution in [0.1, 0.15) is 90.9 Å². The molecule has 1 fully saturated rings. The van der Waals surface area contributed by atoms with Crippen molar-refractivity contribution in [1.82, 2.24) is 5.43 Å². The van der Waals surface area contributed by atoms with Gasteiger partial charge in [0.2, 0.25) is 0 Å². The van der Waals surface area contributed by atoms with Crippen molar-refractivity contribution in [2.45, 2.75) is 96.5 Å². The number of hydrogen-bond donors (Lipinski definition) is 1. The second-order valence-electron chi connectivity index (χ2n) is 6.12. The Hall–Kier alpha value is -0.800. The van der Waals surface area contributed by atoms with Crippen molar-refractivity contribution in [2.75, 3.05) is 6.54 Å². The normalized spacial score (nSPS) is 17.1. The van der Waals surface area contributed by atoms with Crippen molar-refractivity contribution < 1.29 is 9.87 Å². The van der Waals surface area contributed by atoms with E-state index < -0.39 is 0 Å². The number of unbranched alkanes of at least 4 members (excludes halogenated alkanes) is 6. The minimum Gasteiger partial charge on any atom is -0.199 e. The molecule has 0 bridgehead atoms. The average Bonchev–Trinajstić information content (AvgIpc) is 2.91. The number of nitrogens with one attached hydrogen (secondary N) is 1. The van der Waals surface area contributed by atoms with Crippen LogP contribution in [0.3, 0.4) is 0 Å². The van der Waals surface area contributed by atoms with Crippen LogP contribution in [0.25, 0.3) is 0 Å². The molecule has 0 atom stereocenters. The molecule has 0 heterocycles. The van der Waals surface area contributed by atoms with Gasteiger partial charge in [-0.25, -0.2) is 0 Å². The Morgan fingerprint density at radius 1 is 1.00 bits per heavy atom. The van der Waals surface area contributed by atoms with E-state index in [-0.39, 0.29) is 5.60 Å². The molecule has 0 radical (unpaired) electrons. The summed E-state index contributed by atoms with van der Waals surface area (Å²) in [5.74, 6) is 0. The first-order valence-electron chi connectivity index (χ1n) is 8.62. The first-order chi connectivity index (χ1) is 9.72. The highest BCUT2D eigenvalue weighted by Gasteiger charge is 2.41. The van der Waals surface area contributed by atoms with Crippen molar-refractivity contribution >= 4 is 0 Å². The molecule has 1 saturated carbocycles. The predicted octanol–water partition coefficient (Wildman–Crippen LogP) is 4.67. The van der Waals surface area contributed by atoms with E-state index in [1.165, 1.54) is 51.4 Å². The molecule has 1 aliphatic carbocycles. The zero-order valence-electron chi connectivity index (χ0n) is 13.5. The molecule has 0 aliphatic heterocycles. The highest BCUT2D eigenvalue weighted by molar-refractivity contribution is 4.83. The van der Waals surface area contributed by atoms with Crippen LogP contribution in [0.15, 0.2) is 0 Å². The Bertz CT molecular complexity index is 263. The molecular formula is C16H33N2O2+. The maximum absolute atomic E-state index is 11.7. The number of hydrogen-bond acceptors (Lipinski definition) is 2. The Kier molecular flexibility index (Phi) is 8.63. The van der Waals surface area contributed by atoms with Gasteiger partial charge in [-0.05, 0) is 38.5 Å². The molecular weight excluding hydrogens is 252 g/mol. The average molecular weight is 285 g/mol. The lowest BCUT2D eigenvalue weighted by molar-refractivity contribution is -0.861. The van der Waals surface area contributed by atoms with E-state index in [1.807, 2.05) is 0 Å². The van der Waals surface area contributed by atoms with Crippen LogP contribution in [0.2, 0.25) is 0 Å². The standard InChI is InChI=1S/C16H33N2O2/c1-3-5-6-7-8-9-12-15-17-18(19)20-16(4-2)13-10-11-14-16/h3-15H2,1-2H3,(H,17,19)/q+1. The maximum atomic E-state index is 11.7. The zero-order valence-corrected chi connectivity index (χ0v) is 13.5. The predicted molar refractivity (Wildman–Crippen MR) is 82.2 cm³/mol. The summed E-state index contributed by atoms with van der Waals surface area (Å²) in [6, 6.07) is 0. The summed E-state index contributed by atoms with van der Waals surface area (Å²) in [5.41, 5.74) is 2.63. The zero-order chi connectivity index (χ0) is 14.7. The Labute approximate surface area is 124 Å². The van der Waals surface area contributed by atoms with E-state index in [0.717, 1.165) is 32.2 Å². The second-order valence-corrected chi connectivity index (χ2v) is 6.12. The molecule has 1 aliphatic rings. The first kappa shape index (κ1) is 17.3. The molecule has 0 unspecified atom stereocenters. The van der Waals surface area contributed by atoms with E-state index in [0.29, 0.717) is 5.03 Å². The third-order valence-electron chi connectivity index (χ3n) is 4.46. The van der Waals surface area contributed by atoms with E-state index in [9.17, 15) is 4.91 Å². The minimum atomic E-state index is -0.200. The number of nitrogens with zero attached hydrogens (tertiary/aromatic N) is 1. The molecule has 0 aromatic rings. The van der Waals surface area contributed by atoms with Gasteiger partial charge in [0.1, 0.15) is 4.91 Å². The highest BCUT2D eigenvalue weighted by atomic mass is 16.8. The fourth-order valence-corrected chi connectivity index (χ4v) is 2.99. The SMILES string of the molecule is CCCCCCCCCN[N+](=O)OC1(CC)CCCC1. The Balaban J connectivity index is 2.00. The van der Waals surface area contributed by atoms with Crippen molar-refractivity contribution in [2.24, 2.45) is 0 Å². The topological polar surface area (TPSA) is 41.3 Å². The summed E-state index contributed by atoms with van der Waals surface area (Å²) >= 11 is 0. The van der Waals surface area contributed by atoms with Crippen LogP contribution in [0, 0.1) is 4.91 Å². The molecule has 0 amide bonds. The molecule has 0 aromatic heterocycles. The van der Waals surface area contributed by atoms with Gasteiger partial charge in [0.15, 0.2) is 5.60 Å². The van der Waals surface area contributed by atoms with Gasteiger partial charge in [-0.2, -0.15) is 4.84 Å². The van der Waals surface area contributed by atoms with E-state index >= 15 is 0 Å². The van der Waals surface area contributed by atoms with Crippen LogP contribution < -0.4 is 5.43 Å². The van der Waals surface area contributed by atoms with Crippen LogP contribution in [-0.4, -0.2) is 17.2 Å². The Morgan fingerprint density at radius 3 is 2.20 bits per heavy atom. The highest BCUT2D eigenvalue weighted by Crippen LogP contribution is 2.35. The maximum Gasteiger partial charge on any atom is 0.357 e. The van der Waals surface area contributed by atoms with Gasteiger partial charge >= 0.3 is 5.03 Å². The van der Waals surface area contributed by atoms with Crippen molar-refractivity contribution in [1.29, 1.82) is 0 Å². The summed E-state index contributed by atoms with van der Waals surface area (Å²) in [6.07, 6.45) is 14.1. The fraction of sp³-hybridized carbons (Fsp3) is 1.00. The van der Waals surface area contributed by atoms with Crippen LogP contribution >= 0.6 is 0 Å². The van der Waals surface area contributed by atoms with E-state index in [4.69, 9.17) is 4.84 Å². The van der Waals surface area contributed by atoms with Crippen molar-refractivity contribution in [3.8, 4) is 0 Å². The van der Waals surface area contributed by atoms with Gasteiger partial charge in [-0.3, -0.25) is 0 Å². The molecule has 118 valence electrons. The lowest BCUT2D eigenvalue weighted by Crippen LogP contribution is -2.38. The van der Waals surface area contributed by atoms with Gasteiger partial charge in [0.25, 0.3) is 0 Å². The van der Waals surface area contributed by atoms with Gasteiger partial charge in [0, 0.05) is 0 Å². The summed E-state index contributed by atoms with van der Waals surface area (Å²) in [6.45, 7) is 5.06. The van der Waals surface area contributed by atoms with Gasteiger partial charge < -0.3 is 0 Å². The van der Waals surface area contributed by atoms with Crippen molar-refractivity contribution in [3.63, 3.8) is 0 Å². The third-order valence-corrected chi connectivity index (χ3v) is 4.46. The smallest absolute Gasteiger partial charge is 0.199 e. The van der Waals surface area contributed by atoms with Crippen molar-refractivity contribution in [3.05, 3.63) is 4.91 Å².